The van der Waals surface area contributed by atoms with Crippen LogP contribution in [-0.2, 0) is 4.79 Å². The van der Waals surface area contributed by atoms with Crippen LogP contribution in [0.25, 0.3) is 6.08 Å². The van der Waals surface area contributed by atoms with Gasteiger partial charge >= 0.3 is 0 Å². The number of fused-ring (bicyclic) bond motifs is 1. The average molecular weight is 309 g/mol. The van der Waals surface area contributed by atoms with Gasteiger partial charge in [0, 0.05) is 24.0 Å². The summed E-state index contributed by atoms with van der Waals surface area (Å²) in [6.07, 6.45) is 5.71. The van der Waals surface area contributed by atoms with Gasteiger partial charge in [-0.3, -0.25) is 4.79 Å². The number of H-pyrrole nitrogens is 1. The Morgan fingerprint density at radius 2 is 2.26 bits per heavy atom. The lowest BCUT2D eigenvalue weighted by Crippen LogP contribution is -2.34. The number of nitrogens with zero attached hydrogens (tertiary/aromatic N) is 2. The molecule has 0 unspecified atom stereocenters. The zero-order valence-electron chi connectivity index (χ0n) is 13.1. The summed E-state index contributed by atoms with van der Waals surface area (Å²) < 4.78 is 5.72. The van der Waals surface area contributed by atoms with Crippen LogP contribution in [0.5, 0.6) is 5.75 Å². The Kier molecular flexibility index (Phi) is 3.41. The number of para-hydroxylation sites is 1. The standard InChI is InChI=1S/C18H19N3O2/c1-12-10-19-17(20-12)15-6-4-8-21(15)18(22)14-9-13-5-2-3-7-16(13)23-11-14/h2-3,5,7,9-10,15H,4,6,8,11H2,1H3,(H,19,20)/t15-/m1/s1. The van der Waals surface area contributed by atoms with E-state index in [1.165, 1.54) is 0 Å². The monoisotopic (exact) mass is 309 g/mol. The zero-order valence-corrected chi connectivity index (χ0v) is 13.1. The molecule has 1 N–H and O–H groups in total. The number of nitrogens with one attached hydrogen (secondary N) is 1. The summed E-state index contributed by atoms with van der Waals surface area (Å²) in [4.78, 5) is 22.5. The summed E-state index contributed by atoms with van der Waals surface area (Å²) >= 11 is 0. The number of rotatable bonds is 2. The molecule has 5 nitrogen and oxygen atoms in total. The lowest BCUT2D eigenvalue weighted by molar-refractivity contribution is -0.128. The van der Waals surface area contributed by atoms with Crippen LogP contribution >= 0.6 is 0 Å². The number of ether oxygens (including phenoxy) is 1. The first kappa shape index (κ1) is 14.1. The highest BCUT2D eigenvalue weighted by Gasteiger charge is 2.34. The van der Waals surface area contributed by atoms with E-state index in [1.807, 2.05) is 48.4 Å². The number of hydrogen-bond acceptors (Lipinski definition) is 3. The van der Waals surface area contributed by atoms with Gasteiger partial charge in [0.2, 0.25) is 0 Å². The molecule has 1 aromatic carbocycles. The first-order valence-corrected chi connectivity index (χ1v) is 7.97. The van der Waals surface area contributed by atoms with Gasteiger partial charge in [0.25, 0.3) is 5.91 Å². The first-order valence-electron chi connectivity index (χ1n) is 7.97. The predicted octanol–water partition coefficient (Wildman–Crippen LogP) is 2.86. The van der Waals surface area contributed by atoms with E-state index in [0.29, 0.717) is 12.2 Å². The van der Waals surface area contributed by atoms with E-state index in [9.17, 15) is 4.79 Å². The number of aryl methyl sites for hydroxylation is 1. The van der Waals surface area contributed by atoms with E-state index < -0.39 is 0 Å². The van der Waals surface area contributed by atoms with Gasteiger partial charge in [0.05, 0.1) is 11.6 Å². The summed E-state index contributed by atoms with van der Waals surface area (Å²) in [6.45, 7) is 3.07. The van der Waals surface area contributed by atoms with Crippen molar-refractivity contribution in [3.8, 4) is 5.75 Å². The van der Waals surface area contributed by atoms with Crippen molar-refractivity contribution in [2.45, 2.75) is 25.8 Å². The lowest BCUT2D eigenvalue weighted by Gasteiger charge is -2.26. The third-order valence-corrected chi connectivity index (χ3v) is 4.46. The lowest BCUT2D eigenvalue weighted by atomic mass is 10.1. The Bertz CT molecular complexity index is 778. The molecular weight excluding hydrogens is 290 g/mol. The number of benzene rings is 1. The van der Waals surface area contributed by atoms with Crippen molar-refractivity contribution >= 4 is 12.0 Å². The maximum absolute atomic E-state index is 12.9. The van der Waals surface area contributed by atoms with E-state index in [-0.39, 0.29) is 11.9 Å². The maximum Gasteiger partial charge on any atom is 0.253 e. The van der Waals surface area contributed by atoms with Crippen molar-refractivity contribution < 1.29 is 9.53 Å². The van der Waals surface area contributed by atoms with Gasteiger partial charge in [0.1, 0.15) is 18.2 Å². The molecule has 3 heterocycles. The molecule has 4 rings (SSSR count). The SMILES string of the molecule is Cc1cnc([C@H]2CCCN2C(=O)C2=Cc3ccccc3OC2)[nH]1. The average Bonchev–Trinajstić information content (AvgIpc) is 3.22. The third-order valence-electron chi connectivity index (χ3n) is 4.46. The van der Waals surface area contributed by atoms with Crippen LogP contribution in [0.1, 0.15) is 36.0 Å². The van der Waals surface area contributed by atoms with E-state index in [4.69, 9.17) is 4.74 Å². The van der Waals surface area contributed by atoms with Crippen molar-refractivity contribution in [3.63, 3.8) is 0 Å². The number of carbonyl (C=O) groups is 1. The second-order valence-corrected chi connectivity index (χ2v) is 6.10. The molecule has 0 saturated carbocycles. The number of amides is 1. The molecule has 2 aliphatic rings. The molecule has 0 spiro atoms. The molecule has 5 heteroatoms. The van der Waals surface area contributed by atoms with Crippen LogP contribution in [0.3, 0.4) is 0 Å². The van der Waals surface area contributed by atoms with Gasteiger partial charge in [-0.2, -0.15) is 0 Å². The molecule has 118 valence electrons. The minimum Gasteiger partial charge on any atom is -0.488 e. The second kappa shape index (κ2) is 5.57. The number of aromatic amines is 1. The Balaban J connectivity index is 1.60. The fourth-order valence-corrected chi connectivity index (χ4v) is 3.32. The molecule has 1 amide bonds. The zero-order chi connectivity index (χ0) is 15.8. The summed E-state index contributed by atoms with van der Waals surface area (Å²) in [5.74, 6) is 1.77. The van der Waals surface area contributed by atoms with Gasteiger partial charge in [-0.15, -0.1) is 0 Å². The Labute approximate surface area is 135 Å². The second-order valence-electron chi connectivity index (χ2n) is 6.10. The molecule has 0 radical (unpaired) electrons. The van der Waals surface area contributed by atoms with Gasteiger partial charge in [-0.1, -0.05) is 18.2 Å². The van der Waals surface area contributed by atoms with Crippen LogP contribution in [-0.4, -0.2) is 33.9 Å². The number of carbonyl (C=O) groups excluding carboxylic acids is 1. The number of imidazole rings is 1. The van der Waals surface area contributed by atoms with Gasteiger partial charge in [-0.05, 0) is 31.9 Å². The first-order chi connectivity index (χ1) is 11.2. The summed E-state index contributed by atoms with van der Waals surface area (Å²) in [6, 6.07) is 7.83. The highest BCUT2D eigenvalue weighted by atomic mass is 16.5. The quantitative estimate of drug-likeness (QED) is 0.928. The smallest absolute Gasteiger partial charge is 0.253 e. The molecule has 1 atom stereocenters. The molecule has 0 bridgehead atoms. The van der Waals surface area contributed by atoms with E-state index >= 15 is 0 Å². The molecule has 2 aliphatic heterocycles. The normalized spacial score (nSPS) is 20.0. The minimum atomic E-state index is 0.0364. The Morgan fingerprint density at radius 1 is 1.39 bits per heavy atom. The summed E-state index contributed by atoms with van der Waals surface area (Å²) in [7, 11) is 0. The van der Waals surface area contributed by atoms with Crippen molar-refractivity contribution in [1.29, 1.82) is 0 Å². The predicted molar refractivity (Wildman–Crippen MR) is 86.9 cm³/mol. The van der Waals surface area contributed by atoms with Crippen LogP contribution in [0.4, 0.5) is 0 Å². The largest absolute Gasteiger partial charge is 0.488 e. The van der Waals surface area contributed by atoms with Gasteiger partial charge in [-0.25, -0.2) is 4.98 Å². The van der Waals surface area contributed by atoms with Crippen molar-refractivity contribution in [2.24, 2.45) is 0 Å². The molecule has 1 saturated heterocycles. The number of hydrogen-bond donors (Lipinski definition) is 1. The molecule has 1 fully saturated rings. The Hall–Kier alpha value is -2.56. The van der Waals surface area contributed by atoms with Crippen LogP contribution in [0.2, 0.25) is 0 Å². The number of aromatic nitrogens is 2. The third kappa shape index (κ3) is 2.52. The molecule has 1 aromatic heterocycles. The minimum absolute atomic E-state index is 0.0364. The van der Waals surface area contributed by atoms with Gasteiger partial charge < -0.3 is 14.6 Å². The fraction of sp³-hybridized carbons (Fsp3) is 0.333. The van der Waals surface area contributed by atoms with Crippen molar-refractivity contribution in [2.75, 3.05) is 13.2 Å². The van der Waals surface area contributed by atoms with Crippen LogP contribution in [0.15, 0.2) is 36.0 Å². The summed E-state index contributed by atoms with van der Waals surface area (Å²) in [5, 5.41) is 0. The Morgan fingerprint density at radius 3 is 3.09 bits per heavy atom. The number of likely N-dealkylation sites (tertiary alicyclic amines) is 1. The van der Waals surface area contributed by atoms with Gasteiger partial charge in [0.15, 0.2) is 0 Å². The highest BCUT2D eigenvalue weighted by Crippen LogP contribution is 2.33. The summed E-state index contributed by atoms with van der Waals surface area (Å²) in [5.41, 5.74) is 2.69. The molecule has 0 aliphatic carbocycles. The topological polar surface area (TPSA) is 58.2 Å². The maximum atomic E-state index is 12.9. The highest BCUT2D eigenvalue weighted by molar-refractivity contribution is 5.99. The molecule has 2 aromatic rings. The van der Waals surface area contributed by atoms with E-state index in [2.05, 4.69) is 9.97 Å². The fourth-order valence-electron chi connectivity index (χ4n) is 3.32. The molecule has 23 heavy (non-hydrogen) atoms. The van der Waals surface area contributed by atoms with Crippen molar-refractivity contribution in [3.05, 3.63) is 53.1 Å². The van der Waals surface area contributed by atoms with Crippen molar-refractivity contribution in [1.82, 2.24) is 14.9 Å². The van der Waals surface area contributed by atoms with Crippen LogP contribution in [0, 0.1) is 6.92 Å². The van der Waals surface area contributed by atoms with E-state index in [0.717, 1.165) is 42.2 Å². The van der Waals surface area contributed by atoms with E-state index in [1.54, 1.807) is 0 Å². The molecular formula is C18H19N3O2. The van der Waals surface area contributed by atoms with Crippen LogP contribution < -0.4 is 4.74 Å².